The molecule has 5 saturated carbocycles. The van der Waals surface area contributed by atoms with E-state index in [2.05, 4.69) is 22.8 Å². The van der Waals surface area contributed by atoms with Gasteiger partial charge in [-0.25, -0.2) is 19.0 Å². The minimum atomic E-state index is -0.382. The van der Waals surface area contributed by atoms with Crippen LogP contribution >= 0.6 is 0 Å². The van der Waals surface area contributed by atoms with Crippen molar-refractivity contribution in [3.63, 3.8) is 0 Å². The summed E-state index contributed by atoms with van der Waals surface area (Å²) in [6.07, 6.45) is 12.2. The zero-order chi connectivity index (χ0) is 35.2. The van der Waals surface area contributed by atoms with Crippen molar-refractivity contribution in [2.45, 2.75) is 119 Å². The number of hydrogen-bond donors (Lipinski definition) is 3. The van der Waals surface area contributed by atoms with Gasteiger partial charge in [0.1, 0.15) is 22.8 Å². The minimum absolute atomic E-state index is 0.0363. The van der Waals surface area contributed by atoms with Crippen molar-refractivity contribution >= 4 is 17.9 Å². The van der Waals surface area contributed by atoms with Crippen LogP contribution in [0.1, 0.15) is 112 Å². The molecule has 0 aromatic heterocycles. The van der Waals surface area contributed by atoms with Crippen LogP contribution in [0.2, 0.25) is 0 Å². The van der Waals surface area contributed by atoms with Crippen molar-refractivity contribution in [1.82, 2.24) is 15.5 Å². The summed E-state index contributed by atoms with van der Waals surface area (Å²) in [4.78, 5) is 53.0. The average molecular weight is 703 g/mol. The molecule has 4 bridgehead atoms. The maximum Gasteiger partial charge on any atom is 0.415 e. The molecule has 51 heavy (non-hydrogen) atoms. The van der Waals surface area contributed by atoms with Gasteiger partial charge < -0.3 is 26.0 Å². The number of nitrogens with zero attached hydrogens (tertiary/aromatic N) is 1. The molecule has 7 fully saturated rings. The molecule has 7 aliphatic rings. The third-order valence-corrected chi connectivity index (χ3v) is 13.1. The molecular weight excluding hydrogens is 651 g/mol. The molecule has 274 valence electrons. The summed E-state index contributed by atoms with van der Waals surface area (Å²) < 4.78 is 18.9. The number of nitrogens with one attached hydrogen (secondary N) is 2. The van der Waals surface area contributed by atoms with Crippen LogP contribution in [0, 0.1) is 23.6 Å². The first-order valence-electron chi connectivity index (χ1n) is 19.2. The molecule has 3 amide bonds. The molecule has 5 aliphatic carbocycles. The van der Waals surface area contributed by atoms with Crippen molar-refractivity contribution in [2.75, 3.05) is 19.6 Å². The monoisotopic (exact) mass is 702 g/mol. The van der Waals surface area contributed by atoms with Gasteiger partial charge in [-0.05, 0) is 143 Å². The average Bonchev–Trinajstić information content (AvgIpc) is 3.48. The normalized spacial score (nSPS) is 34.2. The Morgan fingerprint density at radius 1 is 0.922 bits per heavy atom. The molecule has 2 heterocycles. The predicted octanol–water partition coefficient (Wildman–Crippen LogP) is 6.14. The summed E-state index contributed by atoms with van der Waals surface area (Å²) in [5, 5.41) is 6.30. The van der Waals surface area contributed by atoms with E-state index >= 15 is 0 Å². The van der Waals surface area contributed by atoms with Crippen molar-refractivity contribution < 1.29 is 33.3 Å². The molecule has 4 atom stereocenters. The van der Waals surface area contributed by atoms with Crippen molar-refractivity contribution in [1.29, 1.82) is 0 Å². The van der Waals surface area contributed by atoms with E-state index in [1.807, 2.05) is 12.1 Å². The summed E-state index contributed by atoms with van der Waals surface area (Å²) >= 11 is 0. The molecule has 4 N–H and O–H groups in total. The van der Waals surface area contributed by atoms with E-state index < -0.39 is 0 Å². The van der Waals surface area contributed by atoms with E-state index in [4.69, 9.17) is 20.2 Å². The maximum atomic E-state index is 13.2. The second-order valence-electron chi connectivity index (χ2n) is 16.6. The van der Waals surface area contributed by atoms with Gasteiger partial charge in [-0.1, -0.05) is 12.1 Å². The number of nitrogens with two attached hydrogens (primary N) is 1. The molecular formula is C40H51FN4O6. The highest BCUT2D eigenvalue weighted by Gasteiger charge is 2.68. The maximum absolute atomic E-state index is 13.2. The summed E-state index contributed by atoms with van der Waals surface area (Å²) in [6, 6.07) is 13.6. The van der Waals surface area contributed by atoms with Gasteiger partial charge in [0.15, 0.2) is 0 Å². The van der Waals surface area contributed by atoms with Crippen LogP contribution in [0.15, 0.2) is 48.5 Å². The lowest BCUT2D eigenvalue weighted by Crippen LogP contribution is -2.68. The first-order chi connectivity index (χ1) is 24.6. The van der Waals surface area contributed by atoms with Gasteiger partial charge in [0.25, 0.3) is 5.91 Å². The highest BCUT2D eigenvalue weighted by atomic mass is 19.1. The Balaban J connectivity index is 0.845. The molecule has 2 saturated heterocycles. The molecule has 2 aromatic rings. The predicted molar refractivity (Wildman–Crippen MR) is 187 cm³/mol. The van der Waals surface area contributed by atoms with Gasteiger partial charge in [-0.2, -0.15) is 0 Å². The quantitative estimate of drug-likeness (QED) is 0.223. The highest BCUT2D eigenvalue weighted by Crippen LogP contribution is 2.66. The molecule has 0 radical (unpaired) electrons. The van der Waals surface area contributed by atoms with E-state index in [0.717, 1.165) is 77.0 Å². The van der Waals surface area contributed by atoms with Gasteiger partial charge >= 0.3 is 6.09 Å². The van der Waals surface area contributed by atoms with Crippen LogP contribution < -0.4 is 21.1 Å². The minimum Gasteiger partial charge on any atom is -0.410 e. The summed E-state index contributed by atoms with van der Waals surface area (Å²) in [7, 11) is 0. The summed E-state index contributed by atoms with van der Waals surface area (Å²) in [5.41, 5.74) is 6.82. The Morgan fingerprint density at radius 3 is 2.37 bits per heavy atom. The largest absolute Gasteiger partial charge is 0.415 e. The molecule has 10 nitrogen and oxygen atoms in total. The van der Waals surface area contributed by atoms with Gasteiger partial charge in [-0.3, -0.25) is 9.59 Å². The Kier molecular flexibility index (Phi) is 9.34. The van der Waals surface area contributed by atoms with E-state index in [1.165, 1.54) is 29.8 Å². The Hall–Kier alpha value is -3.54. The van der Waals surface area contributed by atoms with E-state index in [1.54, 1.807) is 4.90 Å². The smallest absolute Gasteiger partial charge is 0.410 e. The van der Waals surface area contributed by atoms with E-state index in [-0.39, 0.29) is 46.5 Å². The number of rotatable bonds is 8. The Morgan fingerprint density at radius 2 is 1.65 bits per heavy atom. The number of likely N-dealkylation sites (tertiary alicyclic amines) is 1. The molecule has 9 rings (SSSR count). The fraction of sp³-hybridized carbons (Fsp3) is 0.625. The topological polar surface area (TPSA) is 132 Å². The Bertz CT molecular complexity index is 1600. The zero-order valence-corrected chi connectivity index (χ0v) is 29.4. The molecule has 2 aromatic carbocycles. The van der Waals surface area contributed by atoms with Crippen LogP contribution in [-0.2, 0) is 14.6 Å². The van der Waals surface area contributed by atoms with Crippen LogP contribution in [-0.4, -0.2) is 65.2 Å². The van der Waals surface area contributed by atoms with Gasteiger partial charge in [0.2, 0.25) is 5.91 Å². The van der Waals surface area contributed by atoms with Gasteiger partial charge in [-0.15, -0.1) is 0 Å². The van der Waals surface area contributed by atoms with Gasteiger partial charge in [0, 0.05) is 49.6 Å². The number of piperidine rings is 1. The fourth-order valence-corrected chi connectivity index (χ4v) is 10.8. The van der Waals surface area contributed by atoms with Crippen molar-refractivity contribution in [2.24, 2.45) is 23.5 Å². The molecule has 2 unspecified atom stereocenters. The third-order valence-electron chi connectivity index (χ3n) is 13.1. The second-order valence-corrected chi connectivity index (χ2v) is 16.6. The van der Waals surface area contributed by atoms with Gasteiger partial charge in [0.05, 0.1) is 0 Å². The van der Waals surface area contributed by atoms with E-state index in [9.17, 15) is 18.8 Å². The van der Waals surface area contributed by atoms with Crippen LogP contribution in [0.5, 0.6) is 5.75 Å². The van der Waals surface area contributed by atoms with Crippen molar-refractivity contribution in [3.8, 4) is 5.75 Å². The number of hydrogen-bond acceptors (Lipinski definition) is 7. The number of benzene rings is 2. The number of amides is 3. The number of halogens is 1. The number of carbonyl (C=O) groups excluding carboxylic acids is 3. The summed E-state index contributed by atoms with van der Waals surface area (Å²) in [6.45, 7) is 1.65. The first kappa shape index (κ1) is 34.5. The zero-order valence-electron chi connectivity index (χ0n) is 29.4. The van der Waals surface area contributed by atoms with E-state index in [0.29, 0.717) is 67.5 Å². The molecule has 11 heteroatoms. The van der Waals surface area contributed by atoms with Crippen LogP contribution in [0.4, 0.5) is 9.18 Å². The summed E-state index contributed by atoms with van der Waals surface area (Å²) in [5.74, 6) is 1.58. The first-order valence-corrected chi connectivity index (χ1v) is 19.2. The van der Waals surface area contributed by atoms with Crippen molar-refractivity contribution in [3.05, 3.63) is 65.5 Å². The Labute approximate surface area is 299 Å². The molecule has 2 spiro atoms. The number of carbonyl (C=O) groups is 3. The third kappa shape index (κ3) is 7.01. The molecule has 2 aliphatic heterocycles. The van der Waals surface area contributed by atoms with Crippen LogP contribution in [0.3, 0.4) is 0 Å². The highest BCUT2D eigenvalue weighted by molar-refractivity contribution is 5.94. The number of ether oxygens (including phenoxy) is 1. The lowest BCUT2D eigenvalue weighted by molar-refractivity contribution is -0.386. The second kappa shape index (κ2) is 13.8. The lowest BCUT2D eigenvalue weighted by Gasteiger charge is -2.63. The van der Waals surface area contributed by atoms with Crippen LogP contribution in [0.25, 0.3) is 0 Å². The lowest BCUT2D eigenvalue weighted by atomic mass is 9.45. The SMILES string of the molecule is NC1CCN(C(=O)Oc2ccc([C@@H]3CCC[C@@]4(C3)CC3(OO4)C4CC5CC3CC(NC(=O)CCCNC(=O)c3ccc(F)cc3)(C5)C4)cc2)CC1. The standard InChI is InChI=1S/C40H51FN4O6/c41-32-9-5-28(6-10-32)36(47)43-16-2-4-35(46)44-38-21-26-19-30(23-38)40(31(20-26)24-38)25-39(50-51-40)15-1-3-29(22-39)27-7-11-34(12-8-27)49-37(48)45-17-13-33(42)14-18-45/h5-12,26,29-31,33H,1-4,13-25,42H2,(H,43,47)(H,44,46)/t26?,29-,30?,31?,38?,39-,40?/m1/s1. The fourth-order valence-electron chi connectivity index (χ4n) is 10.8.